The number of likely N-dealkylation sites (N-methyl/N-ethyl adjacent to an activating group) is 2. The normalized spacial score (nSPS) is 24.6. The number of hydrogen-bond donors (Lipinski definition) is 0. The summed E-state index contributed by atoms with van der Waals surface area (Å²) in [7, 11) is 4.37. The molecule has 2 nitrogen and oxygen atoms in total. The molecule has 1 aliphatic heterocycles. The summed E-state index contributed by atoms with van der Waals surface area (Å²) in [4.78, 5) is 4.73. The van der Waals surface area contributed by atoms with Gasteiger partial charge in [-0.1, -0.05) is 0 Å². The van der Waals surface area contributed by atoms with Crippen LogP contribution in [0.3, 0.4) is 0 Å². The monoisotopic (exact) mass is 138 g/mol. The van der Waals surface area contributed by atoms with Crippen molar-refractivity contribution in [1.82, 2.24) is 9.80 Å². The second-order valence-corrected chi connectivity index (χ2v) is 3.27. The van der Waals surface area contributed by atoms with Crippen LogP contribution in [0.4, 0.5) is 0 Å². The van der Waals surface area contributed by atoms with Crippen molar-refractivity contribution in [2.45, 2.75) is 12.8 Å². The molecule has 10 heavy (non-hydrogen) atoms. The van der Waals surface area contributed by atoms with Crippen molar-refractivity contribution in [2.75, 3.05) is 27.2 Å². The number of allylic oxidation sites excluding steroid dienone is 1. The molecule has 2 fully saturated rings. The summed E-state index contributed by atoms with van der Waals surface area (Å²) in [5.74, 6) is 1.50. The van der Waals surface area contributed by atoms with Crippen molar-refractivity contribution >= 4 is 0 Å². The Kier molecular flexibility index (Phi) is 1.16. The fraction of sp³-hybridized carbons (Fsp3) is 0.750. The highest BCUT2D eigenvalue weighted by atomic mass is 15.4. The van der Waals surface area contributed by atoms with Crippen molar-refractivity contribution < 1.29 is 0 Å². The zero-order valence-electron chi connectivity index (χ0n) is 6.72. The van der Waals surface area contributed by atoms with Crippen LogP contribution >= 0.6 is 0 Å². The van der Waals surface area contributed by atoms with E-state index in [1.165, 1.54) is 31.8 Å². The predicted octanol–water partition coefficient (Wildman–Crippen LogP) is 0.869. The van der Waals surface area contributed by atoms with Crippen LogP contribution in [0.5, 0.6) is 0 Å². The summed E-state index contributed by atoms with van der Waals surface area (Å²) in [6.45, 7) is 2.41. The molecule has 0 aromatic carbocycles. The highest BCUT2D eigenvalue weighted by Crippen LogP contribution is 2.35. The fourth-order valence-corrected chi connectivity index (χ4v) is 1.63. The molecule has 2 aliphatic rings. The Labute approximate surface area is 62.1 Å². The van der Waals surface area contributed by atoms with Crippen molar-refractivity contribution in [2.24, 2.45) is 0 Å². The van der Waals surface area contributed by atoms with E-state index in [4.69, 9.17) is 0 Å². The van der Waals surface area contributed by atoms with Crippen LogP contribution in [0.15, 0.2) is 11.4 Å². The Hall–Kier alpha value is -0.660. The Balaban J connectivity index is 2.24. The maximum Gasteiger partial charge on any atom is 0.103 e. The molecule has 0 amide bonds. The van der Waals surface area contributed by atoms with Gasteiger partial charge in [0.1, 0.15) is 5.82 Å². The SMILES string of the molecule is CN1CCN(C)C1=C1CC1. The van der Waals surface area contributed by atoms with Gasteiger partial charge < -0.3 is 9.80 Å². The first kappa shape index (κ1) is 6.08. The third-order valence-electron chi connectivity index (χ3n) is 2.31. The van der Waals surface area contributed by atoms with Gasteiger partial charge in [0.2, 0.25) is 0 Å². The summed E-state index contributed by atoms with van der Waals surface area (Å²) in [6, 6.07) is 0. The fourth-order valence-electron chi connectivity index (χ4n) is 1.63. The van der Waals surface area contributed by atoms with Crippen LogP contribution < -0.4 is 0 Å². The lowest BCUT2D eigenvalue weighted by atomic mass is 10.5. The molecule has 0 radical (unpaired) electrons. The van der Waals surface area contributed by atoms with E-state index in [1.54, 1.807) is 5.57 Å². The summed E-state index contributed by atoms with van der Waals surface area (Å²) >= 11 is 0. The molecule has 0 spiro atoms. The Morgan fingerprint density at radius 1 is 1.00 bits per heavy atom. The quantitative estimate of drug-likeness (QED) is 0.490. The molecule has 0 atom stereocenters. The van der Waals surface area contributed by atoms with E-state index in [2.05, 4.69) is 23.9 Å². The Morgan fingerprint density at radius 2 is 1.50 bits per heavy atom. The van der Waals surface area contributed by atoms with Gasteiger partial charge in [0, 0.05) is 27.2 Å². The van der Waals surface area contributed by atoms with Crippen LogP contribution in [-0.4, -0.2) is 37.0 Å². The lowest BCUT2D eigenvalue weighted by Gasteiger charge is -2.16. The van der Waals surface area contributed by atoms with E-state index in [0.29, 0.717) is 0 Å². The zero-order chi connectivity index (χ0) is 7.14. The van der Waals surface area contributed by atoms with Gasteiger partial charge in [0.25, 0.3) is 0 Å². The molecule has 2 heteroatoms. The number of rotatable bonds is 0. The summed E-state index contributed by atoms with van der Waals surface area (Å²) in [5, 5.41) is 0. The van der Waals surface area contributed by atoms with Crippen LogP contribution in [-0.2, 0) is 0 Å². The average Bonchev–Trinajstić information content (AvgIpc) is 2.64. The predicted molar refractivity (Wildman–Crippen MR) is 41.5 cm³/mol. The molecule has 1 saturated heterocycles. The molecule has 1 aliphatic carbocycles. The maximum absolute atomic E-state index is 2.36. The van der Waals surface area contributed by atoms with Crippen LogP contribution in [0, 0.1) is 0 Å². The highest BCUT2D eigenvalue weighted by Gasteiger charge is 2.27. The molecule has 0 bridgehead atoms. The van der Waals surface area contributed by atoms with Crippen molar-refractivity contribution in [1.29, 1.82) is 0 Å². The van der Waals surface area contributed by atoms with E-state index in [9.17, 15) is 0 Å². The van der Waals surface area contributed by atoms with Crippen molar-refractivity contribution in [3.8, 4) is 0 Å². The standard InChI is InChI=1S/C8H14N2/c1-9-5-6-10(2)8(9)7-3-4-7/h3-6H2,1-2H3. The second-order valence-electron chi connectivity index (χ2n) is 3.27. The number of nitrogens with zero attached hydrogens (tertiary/aromatic N) is 2. The zero-order valence-corrected chi connectivity index (χ0v) is 6.72. The van der Waals surface area contributed by atoms with Gasteiger partial charge in [0.05, 0.1) is 0 Å². The minimum atomic E-state index is 1.20. The lowest BCUT2D eigenvalue weighted by Crippen LogP contribution is -2.16. The Bertz CT molecular complexity index is 166. The molecule has 0 unspecified atom stereocenters. The molecule has 1 saturated carbocycles. The van der Waals surface area contributed by atoms with Gasteiger partial charge in [0.15, 0.2) is 0 Å². The third-order valence-corrected chi connectivity index (χ3v) is 2.31. The highest BCUT2D eigenvalue weighted by molar-refractivity contribution is 5.24. The Morgan fingerprint density at radius 3 is 1.90 bits per heavy atom. The van der Waals surface area contributed by atoms with Crippen molar-refractivity contribution in [3.05, 3.63) is 11.4 Å². The third kappa shape index (κ3) is 0.789. The minimum Gasteiger partial charge on any atom is -0.360 e. The summed E-state index contributed by atoms with van der Waals surface area (Å²) in [5.41, 5.74) is 1.66. The molecule has 0 N–H and O–H groups in total. The van der Waals surface area contributed by atoms with E-state index in [-0.39, 0.29) is 0 Å². The number of hydrogen-bond acceptors (Lipinski definition) is 2. The molecule has 2 rings (SSSR count). The largest absolute Gasteiger partial charge is 0.360 e. The van der Waals surface area contributed by atoms with E-state index < -0.39 is 0 Å². The van der Waals surface area contributed by atoms with E-state index in [1.807, 2.05) is 0 Å². The van der Waals surface area contributed by atoms with Gasteiger partial charge in [-0.15, -0.1) is 0 Å². The van der Waals surface area contributed by atoms with Crippen LogP contribution in [0.1, 0.15) is 12.8 Å². The molecular weight excluding hydrogens is 124 g/mol. The van der Waals surface area contributed by atoms with Crippen LogP contribution in [0.25, 0.3) is 0 Å². The first-order valence-electron chi connectivity index (χ1n) is 3.93. The second kappa shape index (κ2) is 1.91. The van der Waals surface area contributed by atoms with Crippen LogP contribution in [0.2, 0.25) is 0 Å². The first-order chi connectivity index (χ1) is 4.79. The average molecular weight is 138 g/mol. The van der Waals surface area contributed by atoms with Gasteiger partial charge >= 0.3 is 0 Å². The summed E-state index contributed by atoms with van der Waals surface area (Å²) in [6.07, 6.45) is 2.67. The molecular formula is C8H14N2. The topological polar surface area (TPSA) is 6.48 Å². The van der Waals surface area contributed by atoms with E-state index in [0.717, 1.165) is 0 Å². The van der Waals surface area contributed by atoms with Gasteiger partial charge in [-0.3, -0.25) is 0 Å². The molecule has 0 aromatic rings. The van der Waals surface area contributed by atoms with E-state index >= 15 is 0 Å². The lowest BCUT2D eigenvalue weighted by molar-refractivity contribution is 0.420. The summed E-state index contributed by atoms with van der Waals surface area (Å²) < 4.78 is 0. The maximum atomic E-state index is 2.36. The molecule has 0 aromatic heterocycles. The van der Waals surface area contributed by atoms with Gasteiger partial charge in [-0.05, 0) is 18.4 Å². The molecule has 1 heterocycles. The minimum absolute atomic E-state index is 1.20. The first-order valence-corrected chi connectivity index (χ1v) is 3.93. The van der Waals surface area contributed by atoms with Gasteiger partial charge in [-0.2, -0.15) is 0 Å². The van der Waals surface area contributed by atoms with Crippen molar-refractivity contribution in [3.63, 3.8) is 0 Å². The van der Waals surface area contributed by atoms with Gasteiger partial charge in [-0.25, -0.2) is 0 Å². The smallest absolute Gasteiger partial charge is 0.103 e. The molecule has 56 valence electrons.